The average Bonchev–Trinajstić information content (AvgIpc) is 2.13. The van der Waals surface area contributed by atoms with Gasteiger partial charge in [0.1, 0.15) is 24.4 Å². The second-order valence-corrected chi connectivity index (χ2v) is 3.61. The molecule has 0 aromatic rings. The zero-order chi connectivity index (χ0) is 10.0. The standard InChI is InChI=1S/C6H11O6P/c7-2-1-12-5(6(10)13-11)4(9)3(2)8/h2-10H,1H2/t2-,3+,4+,5-,6?/m0/s1. The van der Waals surface area contributed by atoms with Crippen molar-refractivity contribution in [2.75, 3.05) is 6.61 Å². The molecule has 0 spiro atoms. The summed E-state index contributed by atoms with van der Waals surface area (Å²) < 4.78 is 15.1. The van der Waals surface area contributed by atoms with Gasteiger partial charge in [0.15, 0.2) is 14.3 Å². The van der Waals surface area contributed by atoms with E-state index in [2.05, 4.69) is 0 Å². The van der Waals surface area contributed by atoms with E-state index in [1.54, 1.807) is 0 Å². The number of hydrogen-bond acceptors (Lipinski definition) is 6. The number of rotatable bonds is 2. The van der Waals surface area contributed by atoms with Crippen LogP contribution in [0.1, 0.15) is 0 Å². The molecular formula is C6H11O6P. The first-order valence-corrected chi connectivity index (χ1v) is 4.62. The molecule has 6 nitrogen and oxygen atoms in total. The third kappa shape index (κ3) is 2.22. The molecule has 76 valence electrons. The van der Waals surface area contributed by atoms with Gasteiger partial charge < -0.3 is 25.2 Å². The van der Waals surface area contributed by atoms with Crippen LogP contribution in [0.3, 0.4) is 0 Å². The maximum atomic E-state index is 10.2. The lowest BCUT2D eigenvalue weighted by Crippen LogP contribution is -2.55. The highest BCUT2D eigenvalue weighted by molar-refractivity contribution is 7.24. The quantitative estimate of drug-likeness (QED) is 0.396. The zero-order valence-corrected chi connectivity index (χ0v) is 7.54. The van der Waals surface area contributed by atoms with Crippen LogP contribution in [0.15, 0.2) is 0 Å². The molecule has 0 radical (unpaired) electrons. The molecule has 0 aromatic carbocycles. The van der Waals surface area contributed by atoms with E-state index in [0.29, 0.717) is 0 Å². The highest BCUT2D eigenvalue weighted by atomic mass is 31.1. The fraction of sp³-hybridized carbons (Fsp3) is 1.00. The highest BCUT2D eigenvalue weighted by Gasteiger charge is 2.41. The third-order valence-electron chi connectivity index (χ3n) is 1.94. The second-order valence-electron chi connectivity index (χ2n) is 2.87. The predicted molar refractivity (Wildman–Crippen MR) is 41.4 cm³/mol. The van der Waals surface area contributed by atoms with Gasteiger partial charge in [-0.3, -0.25) is 4.57 Å². The van der Waals surface area contributed by atoms with Gasteiger partial charge in [0.05, 0.1) is 6.61 Å². The first-order chi connectivity index (χ1) is 6.07. The summed E-state index contributed by atoms with van der Waals surface area (Å²) >= 11 is 0. The van der Waals surface area contributed by atoms with Crippen LogP contribution in [0, 0.1) is 0 Å². The smallest absolute Gasteiger partial charge is 0.190 e. The average molecular weight is 210 g/mol. The lowest BCUT2D eigenvalue weighted by atomic mass is 10.0. The van der Waals surface area contributed by atoms with Gasteiger partial charge >= 0.3 is 0 Å². The number of hydrogen-bond donors (Lipinski definition) is 4. The maximum Gasteiger partial charge on any atom is 0.190 e. The lowest BCUT2D eigenvalue weighted by molar-refractivity contribution is -0.200. The van der Waals surface area contributed by atoms with Gasteiger partial charge in [-0.2, -0.15) is 0 Å². The van der Waals surface area contributed by atoms with E-state index in [-0.39, 0.29) is 6.61 Å². The van der Waals surface area contributed by atoms with Crippen molar-refractivity contribution in [3.05, 3.63) is 0 Å². The summed E-state index contributed by atoms with van der Waals surface area (Å²) in [6.45, 7) is -0.199. The second kappa shape index (κ2) is 4.41. The van der Waals surface area contributed by atoms with E-state index < -0.39 is 38.7 Å². The largest absolute Gasteiger partial charge is 0.388 e. The fourth-order valence-corrected chi connectivity index (χ4v) is 1.53. The summed E-state index contributed by atoms with van der Waals surface area (Å²) in [6, 6.07) is 0. The summed E-state index contributed by atoms with van der Waals surface area (Å²) in [5.41, 5.74) is 0. The number of ether oxygens (including phenoxy) is 1. The van der Waals surface area contributed by atoms with Crippen LogP contribution in [-0.4, -0.2) is 57.3 Å². The molecule has 13 heavy (non-hydrogen) atoms. The van der Waals surface area contributed by atoms with Crippen molar-refractivity contribution < 1.29 is 29.7 Å². The summed E-state index contributed by atoms with van der Waals surface area (Å²) in [5, 5.41) is 36.5. The van der Waals surface area contributed by atoms with E-state index in [4.69, 9.17) is 20.1 Å². The first kappa shape index (κ1) is 11.0. The van der Waals surface area contributed by atoms with Crippen molar-refractivity contribution in [1.82, 2.24) is 0 Å². The van der Waals surface area contributed by atoms with E-state index in [1.165, 1.54) is 0 Å². The highest BCUT2D eigenvalue weighted by Crippen LogP contribution is 2.22. The van der Waals surface area contributed by atoms with Crippen LogP contribution in [0.5, 0.6) is 0 Å². The van der Waals surface area contributed by atoms with Crippen LogP contribution in [-0.2, 0) is 9.30 Å². The van der Waals surface area contributed by atoms with Crippen LogP contribution in [0.4, 0.5) is 0 Å². The molecule has 0 bridgehead atoms. The molecule has 4 N–H and O–H groups in total. The van der Waals surface area contributed by atoms with E-state index >= 15 is 0 Å². The fourth-order valence-electron chi connectivity index (χ4n) is 1.15. The molecule has 7 heteroatoms. The molecule has 0 aromatic heterocycles. The Morgan fingerprint density at radius 1 is 1.31 bits per heavy atom. The molecule has 1 unspecified atom stereocenters. The van der Waals surface area contributed by atoms with Gasteiger partial charge in [-0.05, 0) is 0 Å². The summed E-state index contributed by atoms with van der Waals surface area (Å²) in [4.78, 5) is 0. The molecule has 1 fully saturated rings. The zero-order valence-electron chi connectivity index (χ0n) is 6.65. The Kier molecular flexibility index (Phi) is 3.73. The molecule has 1 aliphatic rings. The molecule has 5 atom stereocenters. The van der Waals surface area contributed by atoms with E-state index in [9.17, 15) is 9.67 Å². The minimum absolute atomic E-state index is 0.199. The number of aliphatic hydroxyl groups is 4. The van der Waals surface area contributed by atoms with Crippen molar-refractivity contribution in [2.24, 2.45) is 0 Å². The monoisotopic (exact) mass is 210 g/mol. The molecule has 1 heterocycles. The van der Waals surface area contributed by atoms with Gasteiger partial charge in [-0.1, -0.05) is 0 Å². The Morgan fingerprint density at radius 2 is 1.92 bits per heavy atom. The SMILES string of the molecule is O=PC(O)[C@H]1OC[C@H](O)[C@@H](O)[C@H]1O. The molecule has 1 aliphatic heterocycles. The molecule has 0 aliphatic carbocycles. The predicted octanol–water partition coefficient (Wildman–Crippen LogP) is -1.92. The Morgan fingerprint density at radius 3 is 2.46 bits per heavy atom. The minimum Gasteiger partial charge on any atom is -0.388 e. The van der Waals surface area contributed by atoms with Crippen LogP contribution >= 0.6 is 8.46 Å². The molecule has 1 saturated heterocycles. The molecular weight excluding hydrogens is 199 g/mol. The lowest BCUT2D eigenvalue weighted by Gasteiger charge is -2.35. The van der Waals surface area contributed by atoms with Crippen molar-refractivity contribution in [1.29, 1.82) is 0 Å². The van der Waals surface area contributed by atoms with Crippen molar-refractivity contribution in [2.45, 2.75) is 30.3 Å². The summed E-state index contributed by atoms with van der Waals surface area (Å²) in [7, 11) is -0.588. The minimum atomic E-state index is -1.43. The van der Waals surface area contributed by atoms with Crippen LogP contribution < -0.4 is 0 Å². The van der Waals surface area contributed by atoms with Crippen molar-refractivity contribution in [3.63, 3.8) is 0 Å². The third-order valence-corrected chi connectivity index (χ3v) is 2.45. The molecule has 0 amide bonds. The van der Waals surface area contributed by atoms with Crippen LogP contribution in [0.25, 0.3) is 0 Å². The Hall–Kier alpha value is -0.100. The van der Waals surface area contributed by atoms with Crippen LogP contribution in [0.2, 0.25) is 0 Å². The van der Waals surface area contributed by atoms with E-state index in [0.717, 1.165) is 0 Å². The van der Waals surface area contributed by atoms with Gasteiger partial charge in [-0.15, -0.1) is 0 Å². The molecule has 1 rings (SSSR count). The molecule has 0 saturated carbocycles. The Labute approximate surface area is 76.0 Å². The van der Waals surface area contributed by atoms with Gasteiger partial charge in [-0.25, -0.2) is 0 Å². The van der Waals surface area contributed by atoms with Crippen molar-refractivity contribution in [3.8, 4) is 0 Å². The van der Waals surface area contributed by atoms with Gasteiger partial charge in [0.2, 0.25) is 0 Å². The summed E-state index contributed by atoms with van der Waals surface area (Å²) in [6.07, 6.45) is -5.12. The number of aliphatic hydroxyl groups excluding tert-OH is 4. The van der Waals surface area contributed by atoms with Gasteiger partial charge in [0.25, 0.3) is 0 Å². The maximum absolute atomic E-state index is 10.2. The summed E-state index contributed by atoms with van der Waals surface area (Å²) in [5.74, 6) is -1.39. The first-order valence-electron chi connectivity index (χ1n) is 3.74. The normalized spacial score (nSPS) is 43.4. The topological polar surface area (TPSA) is 107 Å². The Balaban J connectivity index is 2.63. The van der Waals surface area contributed by atoms with Crippen molar-refractivity contribution >= 4 is 8.46 Å². The van der Waals surface area contributed by atoms with Gasteiger partial charge in [0, 0.05) is 0 Å². The Bertz CT molecular complexity index is 188. The van der Waals surface area contributed by atoms with E-state index in [1.807, 2.05) is 0 Å².